The number of rotatable bonds is 3. The molecule has 23 heavy (non-hydrogen) atoms. The molecule has 6 nitrogen and oxygen atoms in total. The smallest absolute Gasteiger partial charge is 0.331 e. The summed E-state index contributed by atoms with van der Waals surface area (Å²) in [5, 5.41) is 18.6. The third-order valence-corrected chi connectivity index (χ3v) is 3.63. The zero-order chi connectivity index (χ0) is 16.8. The molecule has 1 aromatic carbocycles. The second-order valence-electron chi connectivity index (χ2n) is 5.70. The van der Waals surface area contributed by atoms with Gasteiger partial charge in [-0.05, 0) is 42.5 Å². The van der Waals surface area contributed by atoms with Gasteiger partial charge in [-0.3, -0.25) is 4.79 Å². The Morgan fingerprint density at radius 1 is 1.35 bits per heavy atom. The van der Waals surface area contributed by atoms with Crippen LogP contribution in [0, 0.1) is 5.92 Å². The Labute approximate surface area is 134 Å². The topological polar surface area (TPSA) is 93.1 Å². The van der Waals surface area contributed by atoms with Crippen LogP contribution in [0.15, 0.2) is 24.3 Å². The summed E-state index contributed by atoms with van der Waals surface area (Å²) in [5.74, 6) is -1.03. The van der Waals surface area contributed by atoms with Crippen molar-refractivity contribution in [1.82, 2.24) is 0 Å². The van der Waals surface area contributed by atoms with E-state index in [1.807, 2.05) is 6.92 Å². The van der Waals surface area contributed by atoms with Gasteiger partial charge in [0.2, 0.25) is 0 Å². The molecule has 1 aliphatic rings. The summed E-state index contributed by atoms with van der Waals surface area (Å²) in [7, 11) is 0. The maximum absolute atomic E-state index is 11.9. The number of phenols is 2. The fourth-order valence-corrected chi connectivity index (χ4v) is 2.35. The molecule has 0 unspecified atom stereocenters. The molecule has 1 aliphatic heterocycles. The minimum absolute atomic E-state index is 0.0722. The molecule has 0 aliphatic carbocycles. The molecule has 1 saturated heterocycles. The molecule has 0 spiro atoms. The lowest BCUT2D eigenvalue weighted by molar-refractivity contribution is -0.158. The first-order valence-corrected chi connectivity index (χ1v) is 7.50. The van der Waals surface area contributed by atoms with Crippen molar-refractivity contribution < 1.29 is 29.3 Å². The maximum Gasteiger partial charge on any atom is 0.331 e. The second kappa shape index (κ2) is 7.67. The van der Waals surface area contributed by atoms with Gasteiger partial charge in [0, 0.05) is 12.5 Å². The van der Waals surface area contributed by atoms with Gasteiger partial charge < -0.3 is 19.7 Å². The molecular weight excluding hydrogens is 300 g/mol. The van der Waals surface area contributed by atoms with Crippen LogP contribution >= 0.6 is 0 Å². The highest BCUT2D eigenvalue weighted by atomic mass is 16.6. The van der Waals surface area contributed by atoms with Crippen LogP contribution in [0.25, 0.3) is 6.08 Å². The van der Waals surface area contributed by atoms with Gasteiger partial charge in [0.25, 0.3) is 0 Å². The Morgan fingerprint density at radius 3 is 2.87 bits per heavy atom. The minimum atomic E-state index is -0.550. The van der Waals surface area contributed by atoms with E-state index < -0.39 is 12.1 Å². The molecule has 2 atom stereocenters. The van der Waals surface area contributed by atoms with E-state index >= 15 is 0 Å². The highest BCUT2D eigenvalue weighted by molar-refractivity contribution is 5.87. The molecular formula is C17H20O6. The largest absolute Gasteiger partial charge is 0.504 e. The molecule has 1 fully saturated rings. The predicted molar refractivity (Wildman–Crippen MR) is 82.7 cm³/mol. The summed E-state index contributed by atoms with van der Waals surface area (Å²) >= 11 is 0. The van der Waals surface area contributed by atoms with Crippen molar-refractivity contribution in [3.05, 3.63) is 29.8 Å². The van der Waals surface area contributed by atoms with Crippen molar-refractivity contribution >= 4 is 18.0 Å². The number of phenolic OH excluding ortho intramolecular Hbond substituents is 2. The number of carbonyl (C=O) groups is 2. The van der Waals surface area contributed by atoms with Gasteiger partial charge in [0.15, 0.2) is 11.5 Å². The lowest BCUT2D eigenvalue weighted by Gasteiger charge is -2.23. The van der Waals surface area contributed by atoms with Gasteiger partial charge in [-0.2, -0.15) is 0 Å². The molecule has 2 N–H and O–H groups in total. The quantitative estimate of drug-likeness (QED) is 0.504. The average molecular weight is 320 g/mol. The van der Waals surface area contributed by atoms with E-state index in [1.165, 1.54) is 24.3 Å². The SMILES string of the molecule is C[C@H]1CCC(=O)OC[C@@H](OC(=O)/C=C/c2ccc(O)c(O)c2)C1. The number of esters is 2. The van der Waals surface area contributed by atoms with Crippen LogP contribution in [0.5, 0.6) is 11.5 Å². The van der Waals surface area contributed by atoms with Gasteiger partial charge in [0.1, 0.15) is 12.7 Å². The van der Waals surface area contributed by atoms with Gasteiger partial charge in [-0.25, -0.2) is 4.79 Å². The number of cyclic esters (lactones) is 1. The number of carbonyl (C=O) groups excluding carboxylic acids is 2. The first kappa shape index (κ1) is 16.9. The first-order valence-electron chi connectivity index (χ1n) is 7.50. The van der Waals surface area contributed by atoms with E-state index in [4.69, 9.17) is 9.47 Å². The Bertz CT molecular complexity index is 607. The molecule has 124 valence electrons. The van der Waals surface area contributed by atoms with E-state index in [9.17, 15) is 19.8 Å². The number of hydrogen-bond donors (Lipinski definition) is 2. The summed E-state index contributed by atoms with van der Waals surface area (Å²) in [4.78, 5) is 23.2. The first-order chi connectivity index (χ1) is 10.9. The van der Waals surface area contributed by atoms with Gasteiger partial charge in [0.05, 0.1) is 0 Å². The Balaban J connectivity index is 1.93. The molecule has 0 saturated carbocycles. The number of ether oxygens (including phenoxy) is 2. The lowest BCUT2D eigenvalue weighted by Crippen LogP contribution is -2.29. The van der Waals surface area contributed by atoms with Crippen molar-refractivity contribution in [3.8, 4) is 11.5 Å². The van der Waals surface area contributed by atoms with E-state index in [0.717, 1.165) is 6.42 Å². The summed E-state index contributed by atoms with van der Waals surface area (Å²) in [6, 6.07) is 4.22. The van der Waals surface area contributed by atoms with E-state index in [1.54, 1.807) is 6.07 Å². The predicted octanol–water partition coefficient (Wildman–Crippen LogP) is 2.39. The molecule has 0 radical (unpaired) electrons. The Hall–Kier alpha value is -2.50. The molecule has 0 amide bonds. The standard InChI is InChI=1S/C17H20O6/c1-11-2-6-16(20)22-10-13(8-11)23-17(21)7-4-12-3-5-14(18)15(19)9-12/h3-5,7,9,11,13,18-19H,2,6,8,10H2,1H3/b7-4+/t11-,13-/m0/s1. The Morgan fingerprint density at radius 2 is 2.13 bits per heavy atom. The maximum atomic E-state index is 11.9. The number of aromatic hydroxyl groups is 2. The summed E-state index contributed by atoms with van der Waals surface area (Å²) in [6.07, 6.45) is 4.00. The summed E-state index contributed by atoms with van der Waals surface area (Å²) in [6.45, 7) is 2.08. The van der Waals surface area contributed by atoms with E-state index in [2.05, 4.69) is 0 Å². The van der Waals surface area contributed by atoms with Crippen molar-refractivity contribution in [2.75, 3.05) is 6.61 Å². The van der Waals surface area contributed by atoms with Gasteiger partial charge in [-0.15, -0.1) is 0 Å². The van der Waals surface area contributed by atoms with Gasteiger partial charge >= 0.3 is 11.9 Å². The molecule has 0 aromatic heterocycles. The van der Waals surface area contributed by atoms with Crippen LogP contribution in [-0.4, -0.2) is 34.9 Å². The highest BCUT2D eigenvalue weighted by Crippen LogP contribution is 2.25. The van der Waals surface area contributed by atoms with Crippen LogP contribution in [0.3, 0.4) is 0 Å². The molecule has 2 rings (SSSR count). The van der Waals surface area contributed by atoms with Crippen molar-refractivity contribution in [2.45, 2.75) is 32.3 Å². The minimum Gasteiger partial charge on any atom is -0.504 e. The second-order valence-corrected chi connectivity index (χ2v) is 5.70. The number of hydrogen-bond acceptors (Lipinski definition) is 6. The third kappa shape index (κ3) is 5.32. The fraction of sp³-hybridized carbons (Fsp3) is 0.412. The van der Waals surface area contributed by atoms with Crippen LogP contribution in [0.2, 0.25) is 0 Å². The Kier molecular flexibility index (Phi) is 5.62. The van der Waals surface area contributed by atoms with Crippen molar-refractivity contribution in [1.29, 1.82) is 0 Å². The summed E-state index contributed by atoms with van der Waals surface area (Å²) < 4.78 is 10.3. The monoisotopic (exact) mass is 320 g/mol. The van der Waals surface area contributed by atoms with Crippen molar-refractivity contribution in [2.24, 2.45) is 5.92 Å². The van der Waals surface area contributed by atoms with Crippen LogP contribution < -0.4 is 0 Å². The highest BCUT2D eigenvalue weighted by Gasteiger charge is 2.22. The molecule has 0 bridgehead atoms. The van der Waals surface area contributed by atoms with Crippen LogP contribution in [-0.2, 0) is 19.1 Å². The molecule has 1 heterocycles. The molecule has 6 heteroatoms. The van der Waals surface area contributed by atoms with Gasteiger partial charge in [-0.1, -0.05) is 13.0 Å². The van der Waals surface area contributed by atoms with Crippen LogP contribution in [0.4, 0.5) is 0 Å². The number of benzene rings is 1. The summed E-state index contributed by atoms with van der Waals surface area (Å²) in [5.41, 5.74) is 0.551. The fourth-order valence-electron chi connectivity index (χ4n) is 2.35. The van der Waals surface area contributed by atoms with E-state index in [0.29, 0.717) is 18.4 Å². The average Bonchev–Trinajstić information content (AvgIpc) is 2.50. The van der Waals surface area contributed by atoms with E-state index in [-0.39, 0.29) is 30.0 Å². The zero-order valence-electron chi connectivity index (χ0n) is 12.9. The normalized spacial score (nSPS) is 22.2. The van der Waals surface area contributed by atoms with Crippen molar-refractivity contribution in [3.63, 3.8) is 0 Å². The van der Waals surface area contributed by atoms with Crippen LogP contribution in [0.1, 0.15) is 31.7 Å². The zero-order valence-corrected chi connectivity index (χ0v) is 12.9. The third-order valence-electron chi connectivity index (χ3n) is 3.63. The lowest BCUT2D eigenvalue weighted by atomic mass is 9.97. The molecule has 1 aromatic rings.